The van der Waals surface area contributed by atoms with E-state index in [1.807, 2.05) is 0 Å². The molecular weight excluding hydrogens is 350 g/mol. The summed E-state index contributed by atoms with van der Waals surface area (Å²) in [6, 6.07) is 0. The SMILES string of the molecule is [C-]1=CC2C=[C-]C1C2.[Cl][Pt+2][Cl]. The number of hydrogen-bond acceptors (Lipinski definition) is 0. The van der Waals surface area contributed by atoms with Gasteiger partial charge in [-0.25, -0.2) is 0 Å². The monoisotopic (exact) mass is 355 g/mol. The van der Waals surface area contributed by atoms with Crippen LogP contribution in [-0.2, 0) is 16.5 Å². The van der Waals surface area contributed by atoms with Gasteiger partial charge in [0.05, 0.1) is 0 Å². The van der Waals surface area contributed by atoms with Crippen molar-refractivity contribution in [2.45, 2.75) is 6.42 Å². The van der Waals surface area contributed by atoms with E-state index in [-0.39, 0.29) is 0 Å². The van der Waals surface area contributed by atoms with E-state index in [0.29, 0.717) is 11.8 Å². The molecule has 0 N–H and O–H groups in total. The molecule has 2 aliphatic carbocycles. The van der Waals surface area contributed by atoms with Crippen molar-refractivity contribution in [1.82, 2.24) is 0 Å². The molecule has 0 heterocycles. The average molecular weight is 356 g/mol. The molecule has 0 saturated carbocycles. The van der Waals surface area contributed by atoms with Crippen LogP contribution < -0.4 is 0 Å². The predicted octanol–water partition coefficient (Wildman–Crippen LogP) is 2.73. The molecule has 0 saturated heterocycles. The maximum atomic E-state index is 4.88. The van der Waals surface area contributed by atoms with E-state index in [0.717, 1.165) is 0 Å². The number of fused-ring (bicyclic) bond motifs is 2. The molecule has 2 rings (SSSR count). The van der Waals surface area contributed by atoms with E-state index in [1.54, 1.807) is 0 Å². The summed E-state index contributed by atoms with van der Waals surface area (Å²) in [4.78, 5) is 0. The third-order valence-electron chi connectivity index (χ3n) is 1.53. The van der Waals surface area contributed by atoms with Crippen LogP contribution >= 0.6 is 18.8 Å². The molecule has 0 fully saturated rings. The molecule has 2 aliphatic rings. The van der Waals surface area contributed by atoms with Crippen molar-refractivity contribution in [3.05, 3.63) is 24.3 Å². The molecule has 0 radical (unpaired) electrons. The molecule has 0 nitrogen and oxygen atoms in total. The molecule has 0 atom stereocenters. The van der Waals surface area contributed by atoms with Crippen LogP contribution in [-0.4, -0.2) is 0 Å². The second kappa shape index (κ2) is 4.59. The fourth-order valence-electron chi connectivity index (χ4n) is 1.12. The van der Waals surface area contributed by atoms with Gasteiger partial charge in [-0.3, -0.25) is 12.2 Å². The molecule has 0 aromatic rings. The fraction of sp³-hybridized carbons (Fsp3) is 0.429. The van der Waals surface area contributed by atoms with Gasteiger partial charge in [0.15, 0.2) is 0 Å². The fourth-order valence-corrected chi connectivity index (χ4v) is 1.12. The van der Waals surface area contributed by atoms with Crippen molar-refractivity contribution in [2.24, 2.45) is 11.8 Å². The van der Waals surface area contributed by atoms with Gasteiger partial charge in [0, 0.05) is 0 Å². The zero-order chi connectivity index (χ0) is 7.40. The van der Waals surface area contributed by atoms with Crippen LogP contribution in [0.1, 0.15) is 6.42 Å². The third-order valence-corrected chi connectivity index (χ3v) is 1.53. The van der Waals surface area contributed by atoms with Crippen molar-refractivity contribution in [3.8, 4) is 0 Å². The Hall–Kier alpha value is 0.748. The van der Waals surface area contributed by atoms with Gasteiger partial charge in [-0.1, -0.05) is 12.3 Å². The zero-order valence-electron chi connectivity index (χ0n) is 5.09. The van der Waals surface area contributed by atoms with E-state index in [9.17, 15) is 0 Å². The Morgan fingerprint density at radius 1 is 1.30 bits per heavy atom. The molecule has 0 aliphatic heterocycles. The molecule has 0 unspecified atom stereocenters. The first-order chi connectivity index (χ1) is 4.86. The normalized spacial score (nSPS) is 32.6. The van der Waals surface area contributed by atoms with Crippen molar-refractivity contribution in [3.63, 3.8) is 0 Å². The molecule has 0 aromatic heterocycles. The summed E-state index contributed by atoms with van der Waals surface area (Å²) in [7, 11) is 9.75. The summed E-state index contributed by atoms with van der Waals surface area (Å²) < 4.78 is 0. The molecule has 2 bridgehead atoms. The molecule has 10 heavy (non-hydrogen) atoms. The molecule has 3 heteroatoms. The van der Waals surface area contributed by atoms with Gasteiger partial charge in [-0.05, 0) is 0 Å². The first-order valence-electron chi connectivity index (χ1n) is 2.88. The van der Waals surface area contributed by atoms with Crippen LogP contribution in [0.2, 0.25) is 0 Å². The average Bonchev–Trinajstić information content (AvgIpc) is 2.49. The second-order valence-corrected chi connectivity index (χ2v) is 5.45. The standard InChI is InChI=1S/C7H6.2ClH.Pt/c1-2-7-4-3-6(1)5-7;;;/h1,3,6-7H,5H2;2*1H;/q-2;;;+4/p-2. The van der Waals surface area contributed by atoms with Crippen LogP contribution in [0.4, 0.5) is 0 Å². The summed E-state index contributed by atoms with van der Waals surface area (Å²) in [5.41, 5.74) is 0. The second-order valence-electron chi connectivity index (χ2n) is 2.16. The van der Waals surface area contributed by atoms with E-state index in [4.69, 9.17) is 18.8 Å². The predicted molar refractivity (Wildman–Crippen MR) is 38.9 cm³/mol. The van der Waals surface area contributed by atoms with Gasteiger partial charge in [-0.15, -0.1) is 0 Å². The summed E-state index contributed by atoms with van der Waals surface area (Å²) in [6.07, 6.45) is 11.9. The first kappa shape index (κ1) is 8.84. The molecule has 58 valence electrons. The third kappa shape index (κ3) is 2.41. The van der Waals surface area contributed by atoms with Crippen LogP contribution in [0.25, 0.3) is 0 Å². The maximum absolute atomic E-state index is 4.88. The minimum atomic E-state index is -0.472. The molecule has 0 spiro atoms. The van der Waals surface area contributed by atoms with Crippen LogP contribution in [0, 0.1) is 24.0 Å². The van der Waals surface area contributed by atoms with Gasteiger partial charge in [0.1, 0.15) is 0 Å². The molecular formula is C7H6Cl2Pt. The number of allylic oxidation sites excluding steroid dienone is 4. The molecule has 0 amide bonds. The van der Waals surface area contributed by atoms with Crippen molar-refractivity contribution < 1.29 is 16.5 Å². The van der Waals surface area contributed by atoms with Crippen molar-refractivity contribution in [2.75, 3.05) is 0 Å². The van der Waals surface area contributed by atoms with E-state index >= 15 is 0 Å². The molecule has 0 aromatic carbocycles. The Morgan fingerprint density at radius 3 is 1.90 bits per heavy atom. The Labute approximate surface area is 77.7 Å². The van der Waals surface area contributed by atoms with E-state index in [2.05, 4.69) is 24.3 Å². The Morgan fingerprint density at radius 2 is 1.80 bits per heavy atom. The van der Waals surface area contributed by atoms with Crippen molar-refractivity contribution >= 4 is 18.8 Å². The number of rotatable bonds is 0. The van der Waals surface area contributed by atoms with Gasteiger partial charge >= 0.3 is 35.3 Å². The van der Waals surface area contributed by atoms with Gasteiger partial charge in [0.25, 0.3) is 0 Å². The summed E-state index contributed by atoms with van der Waals surface area (Å²) in [6.45, 7) is 0. The summed E-state index contributed by atoms with van der Waals surface area (Å²) in [5, 5.41) is 0. The van der Waals surface area contributed by atoms with Gasteiger partial charge < -0.3 is 18.1 Å². The minimum absolute atomic E-state index is 0.472. The summed E-state index contributed by atoms with van der Waals surface area (Å²) in [5.74, 6) is 1.26. The number of hydrogen-bond donors (Lipinski definition) is 0. The van der Waals surface area contributed by atoms with E-state index in [1.165, 1.54) is 6.42 Å². The van der Waals surface area contributed by atoms with Gasteiger partial charge in [-0.2, -0.15) is 0 Å². The van der Waals surface area contributed by atoms with Crippen LogP contribution in [0.15, 0.2) is 12.2 Å². The van der Waals surface area contributed by atoms with Crippen molar-refractivity contribution in [1.29, 1.82) is 0 Å². The van der Waals surface area contributed by atoms with E-state index < -0.39 is 16.5 Å². The quantitative estimate of drug-likeness (QED) is 0.586. The van der Waals surface area contributed by atoms with Crippen LogP contribution in [0.5, 0.6) is 0 Å². The Balaban J connectivity index is 0.000000148. The Kier molecular flexibility index (Phi) is 4.06. The topological polar surface area (TPSA) is 0 Å². The summed E-state index contributed by atoms with van der Waals surface area (Å²) >= 11 is -0.472. The van der Waals surface area contributed by atoms with Gasteiger partial charge in [0.2, 0.25) is 0 Å². The first-order valence-corrected chi connectivity index (χ1v) is 8.51. The zero-order valence-corrected chi connectivity index (χ0v) is 8.87. The number of halogens is 2. The Bertz CT molecular complexity index is 126. The van der Waals surface area contributed by atoms with Crippen LogP contribution in [0.3, 0.4) is 0 Å².